The lowest BCUT2D eigenvalue weighted by molar-refractivity contribution is 0.207. The molecule has 1 N–H and O–H groups in total. The van der Waals surface area contributed by atoms with Gasteiger partial charge in [0.1, 0.15) is 11.8 Å². The maximum absolute atomic E-state index is 10.3. The van der Waals surface area contributed by atoms with E-state index in [1.54, 1.807) is 18.2 Å². The number of hydrogen-bond acceptors (Lipinski definition) is 4. The van der Waals surface area contributed by atoms with Crippen molar-refractivity contribution in [2.24, 2.45) is 0 Å². The molecular formula is C12H10Cl2N2O2. The lowest BCUT2D eigenvalue weighted by atomic mass is 10.1. The molecule has 1 aromatic heterocycles. The number of aliphatic hydroxyl groups is 1. The van der Waals surface area contributed by atoms with Crippen molar-refractivity contribution in [2.45, 2.75) is 6.10 Å². The molecule has 0 aliphatic carbocycles. The van der Waals surface area contributed by atoms with Crippen molar-refractivity contribution >= 4 is 23.2 Å². The summed E-state index contributed by atoms with van der Waals surface area (Å²) in [6, 6.07) is 4.83. The van der Waals surface area contributed by atoms with Crippen LogP contribution in [-0.4, -0.2) is 22.2 Å². The van der Waals surface area contributed by atoms with Crippen molar-refractivity contribution < 1.29 is 9.84 Å². The van der Waals surface area contributed by atoms with Crippen LogP contribution in [0.4, 0.5) is 0 Å². The predicted molar refractivity (Wildman–Crippen MR) is 69.1 cm³/mol. The molecule has 18 heavy (non-hydrogen) atoms. The van der Waals surface area contributed by atoms with Crippen LogP contribution in [0.2, 0.25) is 10.0 Å². The summed E-state index contributed by atoms with van der Waals surface area (Å²) in [5.74, 6) is 0.265. The van der Waals surface area contributed by atoms with Crippen LogP contribution in [-0.2, 0) is 0 Å². The second-order valence-corrected chi connectivity index (χ2v) is 4.43. The molecular weight excluding hydrogens is 275 g/mol. The second-order valence-electron chi connectivity index (χ2n) is 3.56. The van der Waals surface area contributed by atoms with Gasteiger partial charge in [0.15, 0.2) is 0 Å². The molecule has 94 valence electrons. The van der Waals surface area contributed by atoms with Crippen molar-refractivity contribution in [1.82, 2.24) is 9.97 Å². The molecule has 0 fully saturated rings. The van der Waals surface area contributed by atoms with E-state index in [-0.39, 0.29) is 5.88 Å². The first kappa shape index (κ1) is 13.1. The first-order chi connectivity index (χ1) is 8.61. The normalized spacial score (nSPS) is 12.2. The van der Waals surface area contributed by atoms with Gasteiger partial charge in [0, 0.05) is 22.4 Å². The maximum Gasteiger partial charge on any atom is 0.238 e. The topological polar surface area (TPSA) is 55.2 Å². The average molecular weight is 285 g/mol. The third kappa shape index (κ3) is 2.72. The van der Waals surface area contributed by atoms with Crippen LogP contribution >= 0.6 is 23.2 Å². The van der Waals surface area contributed by atoms with Gasteiger partial charge < -0.3 is 9.84 Å². The van der Waals surface area contributed by atoms with E-state index in [1.165, 1.54) is 19.5 Å². The van der Waals surface area contributed by atoms with Crippen LogP contribution in [0.3, 0.4) is 0 Å². The second kappa shape index (κ2) is 5.52. The largest absolute Gasteiger partial charge is 0.480 e. The number of ether oxygens (including phenoxy) is 1. The molecule has 0 saturated carbocycles. The van der Waals surface area contributed by atoms with Crippen molar-refractivity contribution in [2.75, 3.05) is 7.11 Å². The molecule has 0 spiro atoms. The van der Waals surface area contributed by atoms with E-state index in [2.05, 4.69) is 9.97 Å². The van der Waals surface area contributed by atoms with Gasteiger partial charge in [-0.3, -0.25) is 4.98 Å². The predicted octanol–water partition coefficient (Wildman–Crippen LogP) is 2.87. The summed E-state index contributed by atoms with van der Waals surface area (Å²) >= 11 is 11.8. The summed E-state index contributed by atoms with van der Waals surface area (Å²) in [4.78, 5) is 8.04. The lowest BCUT2D eigenvalue weighted by Crippen LogP contribution is -2.06. The fourth-order valence-electron chi connectivity index (χ4n) is 1.57. The Bertz CT molecular complexity index is 543. The Labute approximate surface area is 114 Å². The Morgan fingerprint density at radius 1 is 1.11 bits per heavy atom. The van der Waals surface area contributed by atoms with Gasteiger partial charge in [-0.25, -0.2) is 4.98 Å². The molecule has 0 amide bonds. The SMILES string of the molecule is COc1nccnc1C(O)c1cc(Cl)cc(Cl)c1. The minimum Gasteiger partial charge on any atom is -0.480 e. The molecule has 1 aromatic carbocycles. The molecule has 2 rings (SSSR count). The zero-order valence-electron chi connectivity index (χ0n) is 9.47. The standard InChI is InChI=1S/C12H10Cl2N2O2/c1-18-12-10(15-2-3-16-12)11(17)7-4-8(13)6-9(14)5-7/h2-6,11,17H,1H3. The summed E-state index contributed by atoms with van der Waals surface area (Å²) < 4.78 is 5.05. The highest BCUT2D eigenvalue weighted by molar-refractivity contribution is 6.34. The Balaban J connectivity index is 2.44. The molecule has 4 nitrogen and oxygen atoms in total. The maximum atomic E-state index is 10.3. The quantitative estimate of drug-likeness (QED) is 0.942. The first-order valence-electron chi connectivity index (χ1n) is 5.10. The Kier molecular flexibility index (Phi) is 4.01. The number of halogens is 2. The van der Waals surface area contributed by atoms with Crippen molar-refractivity contribution in [1.29, 1.82) is 0 Å². The van der Waals surface area contributed by atoms with Gasteiger partial charge in [0.2, 0.25) is 5.88 Å². The fourth-order valence-corrected chi connectivity index (χ4v) is 2.11. The van der Waals surface area contributed by atoms with Crippen molar-refractivity contribution in [3.05, 3.63) is 51.9 Å². The molecule has 1 heterocycles. The van der Waals surface area contributed by atoms with Gasteiger partial charge in [0.25, 0.3) is 0 Å². The smallest absolute Gasteiger partial charge is 0.238 e. The van der Waals surface area contributed by atoms with E-state index < -0.39 is 6.10 Å². The molecule has 2 aromatic rings. The van der Waals surface area contributed by atoms with E-state index >= 15 is 0 Å². The zero-order chi connectivity index (χ0) is 13.1. The number of aliphatic hydroxyl groups excluding tert-OH is 1. The van der Waals surface area contributed by atoms with Crippen LogP contribution in [0.1, 0.15) is 17.4 Å². The molecule has 0 radical (unpaired) electrons. The summed E-state index contributed by atoms with van der Waals surface area (Å²) in [6.45, 7) is 0. The summed E-state index contributed by atoms with van der Waals surface area (Å²) in [6.07, 6.45) is 1.97. The molecule has 0 aliphatic rings. The van der Waals surface area contributed by atoms with Gasteiger partial charge in [-0.15, -0.1) is 0 Å². The minimum absolute atomic E-state index is 0.265. The molecule has 0 aliphatic heterocycles. The number of nitrogens with zero attached hydrogens (tertiary/aromatic N) is 2. The molecule has 1 unspecified atom stereocenters. The van der Waals surface area contributed by atoms with E-state index in [1.807, 2.05) is 0 Å². The van der Waals surface area contributed by atoms with Gasteiger partial charge in [-0.2, -0.15) is 0 Å². The number of methoxy groups -OCH3 is 1. The van der Waals surface area contributed by atoms with Crippen LogP contribution in [0.15, 0.2) is 30.6 Å². The van der Waals surface area contributed by atoms with Crippen molar-refractivity contribution in [3.8, 4) is 5.88 Å². The summed E-state index contributed by atoms with van der Waals surface area (Å²) in [5, 5.41) is 11.1. The van der Waals surface area contributed by atoms with E-state index in [9.17, 15) is 5.11 Å². The Hall–Kier alpha value is -1.36. The summed E-state index contributed by atoms with van der Waals surface area (Å²) in [7, 11) is 1.46. The zero-order valence-corrected chi connectivity index (χ0v) is 11.0. The number of benzene rings is 1. The number of aromatic nitrogens is 2. The number of rotatable bonds is 3. The number of hydrogen-bond donors (Lipinski definition) is 1. The van der Waals surface area contributed by atoms with Gasteiger partial charge in [0.05, 0.1) is 7.11 Å². The molecule has 1 atom stereocenters. The van der Waals surface area contributed by atoms with Crippen LogP contribution in [0, 0.1) is 0 Å². The van der Waals surface area contributed by atoms with Crippen molar-refractivity contribution in [3.63, 3.8) is 0 Å². The fraction of sp³-hybridized carbons (Fsp3) is 0.167. The van der Waals surface area contributed by atoms with Gasteiger partial charge >= 0.3 is 0 Å². The third-order valence-electron chi connectivity index (χ3n) is 2.34. The Morgan fingerprint density at radius 3 is 2.33 bits per heavy atom. The van der Waals surface area contributed by atoms with Gasteiger partial charge in [-0.05, 0) is 23.8 Å². The highest BCUT2D eigenvalue weighted by Gasteiger charge is 2.18. The monoisotopic (exact) mass is 284 g/mol. The third-order valence-corrected chi connectivity index (χ3v) is 2.78. The first-order valence-corrected chi connectivity index (χ1v) is 5.86. The highest BCUT2D eigenvalue weighted by atomic mass is 35.5. The minimum atomic E-state index is -0.996. The Morgan fingerprint density at radius 2 is 1.72 bits per heavy atom. The van der Waals surface area contributed by atoms with Crippen LogP contribution in [0.5, 0.6) is 5.88 Å². The van der Waals surface area contributed by atoms with E-state index in [0.29, 0.717) is 21.3 Å². The summed E-state index contributed by atoms with van der Waals surface area (Å²) in [5.41, 5.74) is 0.852. The molecule has 0 saturated heterocycles. The van der Waals surface area contributed by atoms with E-state index in [0.717, 1.165) is 0 Å². The van der Waals surface area contributed by atoms with Crippen LogP contribution in [0.25, 0.3) is 0 Å². The molecule has 6 heteroatoms. The van der Waals surface area contributed by atoms with E-state index in [4.69, 9.17) is 27.9 Å². The van der Waals surface area contributed by atoms with Crippen LogP contribution < -0.4 is 4.74 Å². The molecule has 0 bridgehead atoms. The lowest BCUT2D eigenvalue weighted by Gasteiger charge is -2.13. The average Bonchev–Trinajstić information content (AvgIpc) is 2.36. The highest BCUT2D eigenvalue weighted by Crippen LogP contribution is 2.29. The van der Waals surface area contributed by atoms with Gasteiger partial charge in [-0.1, -0.05) is 23.2 Å².